The van der Waals surface area contributed by atoms with E-state index in [4.69, 9.17) is 14.0 Å². The Bertz CT molecular complexity index is 1120. The second-order valence-electron chi connectivity index (χ2n) is 15.4. The van der Waals surface area contributed by atoms with Crippen LogP contribution < -0.4 is 5.32 Å². The number of carbonyl (C=O) groups is 1. The summed E-state index contributed by atoms with van der Waals surface area (Å²) in [7, 11) is -5.11. The van der Waals surface area contributed by atoms with Gasteiger partial charge < -0.3 is 40.3 Å². The monoisotopic (exact) mass is 822 g/mol. The van der Waals surface area contributed by atoms with Crippen molar-refractivity contribution in [1.29, 1.82) is 0 Å². The van der Waals surface area contributed by atoms with Gasteiger partial charge in [-0.3, -0.25) is 9.35 Å². The van der Waals surface area contributed by atoms with Crippen LogP contribution in [0.4, 0.5) is 0 Å². The summed E-state index contributed by atoms with van der Waals surface area (Å²) in [4.78, 5) is 13.0. The Kier molecular flexibility index (Phi) is 31.3. The number of hydrogen-bond acceptors (Lipinski definition) is 11. The fraction of sp³-hybridized carbons (Fsp3) is 0.881. The number of aliphatic hydroxyl groups excluding tert-OH is 5. The molecule has 1 fully saturated rings. The van der Waals surface area contributed by atoms with Gasteiger partial charge in [0.05, 0.1) is 25.4 Å². The second-order valence-corrected chi connectivity index (χ2v) is 16.5. The van der Waals surface area contributed by atoms with Gasteiger partial charge >= 0.3 is 10.4 Å². The van der Waals surface area contributed by atoms with Gasteiger partial charge in [0.1, 0.15) is 30.5 Å². The third kappa shape index (κ3) is 25.8. The number of nitrogens with one attached hydrogen (secondary N) is 1. The van der Waals surface area contributed by atoms with Gasteiger partial charge in [0, 0.05) is 0 Å². The van der Waals surface area contributed by atoms with E-state index in [1.165, 1.54) is 83.1 Å². The fourth-order valence-corrected chi connectivity index (χ4v) is 7.32. The van der Waals surface area contributed by atoms with Crippen LogP contribution in [-0.4, -0.2) is 107 Å². The highest BCUT2D eigenvalue weighted by Crippen LogP contribution is 2.26. The standard InChI is InChI=1S/C42H79NO12S/c1-3-5-7-9-11-13-14-15-16-17-18-19-20-21-23-25-27-29-31-36(46)41(49)43-34(35(45)30-28-26-24-22-12-10-8-6-4-2)33-53-42-39(48)40(55-56(50,51)52)38(47)37(32-44)54-42/h17-18,28,30,34-40,42,44-48H,3-16,19-27,29,31-33H2,1-2H3,(H,43,49)(H,50,51,52)/b18-17-,30-28+. The third-order valence-electron chi connectivity index (χ3n) is 10.3. The van der Waals surface area contributed by atoms with Gasteiger partial charge in [-0.15, -0.1) is 0 Å². The first kappa shape index (κ1) is 52.6. The molecule has 8 atom stereocenters. The average molecular weight is 822 g/mol. The maximum Gasteiger partial charge on any atom is 0.397 e. The SMILES string of the molecule is CCCCCCCCC/C=C/C(O)C(COC1OC(CO)C(O)C(OS(=O)(=O)O)C1O)NC(=O)C(O)CCCCCCCC/C=C\CCCCCCCCCC. The first-order chi connectivity index (χ1) is 26.9. The van der Waals surface area contributed by atoms with E-state index in [1.54, 1.807) is 6.08 Å². The Hall–Kier alpha value is -1.46. The second kappa shape index (κ2) is 33.4. The van der Waals surface area contributed by atoms with Crippen molar-refractivity contribution in [3.05, 3.63) is 24.3 Å². The average Bonchev–Trinajstić information content (AvgIpc) is 3.16. The Morgan fingerprint density at radius 2 is 1.18 bits per heavy atom. The van der Waals surface area contributed by atoms with Crippen molar-refractivity contribution < 1.29 is 57.0 Å². The van der Waals surface area contributed by atoms with Crippen molar-refractivity contribution in [3.8, 4) is 0 Å². The van der Waals surface area contributed by atoms with Crippen molar-refractivity contribution >= 4 is 16.3 Å². The summed E-state index contributed by atoms with van der Waals surface area (Å²) in [6.07, 6.45) is 24.3. The summed E-state index contributed by atoms with van der Waals surface area (Å²) in [5, 5.41) is 54.9. The molecule has 0 saturated carbocycles. The number of unbranched alkanes of at least 4 members (excludes halogenated alkanes) is 21. The predicted octanol–water partition coefficient (Wildman–Crippen LogP) is 6.74. The maximum absolute atomic E-state index is 13.0. The van der Waals surface area contributed by atoms with E-state index in [2.05, 4.69) is 35.5 Å². The van der Waals surface area contributed by atoms with Gasteiger partial charge in [-0.1, -0.05) is 154 Å². The van der Waals surface area contributed by atoms with E-state index in [-0.39, 0.29) is 6.42 Å². The smallest absolute Gasteiger partial charge is 0.394 e. The third-order valence-corrected chi connectivity index (χ3v) is 10.8. The quantitative estimate of drug-likeness (QED) is 0.0199. The highest BCUT2D eigenvalue weighted by atomic mass is 32.3. The number of hydrogen-bond donors (Lipinski definition) is 7. The minimum atomic E-state index is -5.11. The summed E-state index contributed by atoms with van der Waals surface area (Å²) < 4.78 is 47.3. The van der Waals surface area contributed by atoms with Crippen LogP contribution in [0.1, 0.15) is 174 Å². The molecule has 1 heterocycles. The van der Waals surface area contributed by atoms with Crippen molar-refractivity contribution in [2.45, 2.75) is 223 Å². The fourth-order valence-electron chi connectivity index (χ4n) is 6.81. The molecule has 8 unspecified atom stereocenters. The molecule has 0 spiro atoms. The van der Waals surface area contributed by atoms with Crippen molar-refractivity contribution in [2.75, 3.05) is 13.2 Å². The summed E-state index contributed by atoms with van der Waals surface area (Å²) in [5.41, 5.74) is 0. The van der Waals surface area contributed by atoms with Gasteiger partial charge in [-0.2, -0.15) is 8.42 Å². The van der Waals surface area contributed by atoms with Crippen LogP contribution in [0.2, 0.25) is 0 Å². The lowest BCUT2D eigenvalue weighted by Gasteiger charge is -2.41. The van der Waals surface area contributed by atoms with Crippen LogP contribution in [-0.2, 0) is 28.9 Å². The minimum absolute atomic E-state index is 0.236. The summed E-state index contributed by atoms with van der Waals surface area (Å²) >= 11 is 0. The molecule has 0 aromatic heterocycles. The zero-order valence-corrected chi connectivity index (χ0v) is 35.4. The number of rotatable bonds is 36. The lowest BCUT2D eigenvalue weighted by atomic mass is 9.99. The van der Waals surface area contributed by atoms with Crippen LogP contribution in [0.25, 0.3) is 0 Å². The highest BCUT2D eigenvalue weighted by molar-refractivity contribution is 7.80. The Labute approximate surface area is 338 Å². The summed E-state index contributed by atoms with van der Waals surface area (Å²) in [5.74, 6) is -0.710. The van der Waals surface area contributed by atoms with Crippen LogP contribution in [0.5, 0.6) is 0 Å². The lowest BCUT2D eigenvalue weighted by molar-refractivity contribution is -0.298. The van der Waals surface area contributed by atoms with Gasteiger partial charge in [-0.25, -0.2) is 4.18 Å². The molecule has 1 aliphatic heterocycles. The molecule has 56 heavy (non-hydrogen) atoms. The molecule has 0 aliphatic carbocycles. The zero-order chi connectivity index (χ0) is 41.4. The molecule has 0 bridgehead atoms. The van der Waals surface area contributed by atoms with Crippen LogP contribution in [0.15, 0.2) is 24.3 Å². The summed E-state index contributed by atoms with van der Waals surface area (Å²) in [6, 6.07) is -1.12. The molecule has 0 aromatic rings. The summed E-state index contributed by atoms with van der Waals surface area (Å²) in [6.45, 7) is 3.16. The molecule has 330 valence electrons. The zero-order valence-electron chi connectivity index (χ0n) is 34.6. The molecule has 13 nitrogen and oxygen atoms in total. The van der Waals surface area contributed by atoms with Gasteiger partial charge in [0.2, 0.25) is 5.91 Å². The molecule has 1 amide bonds. The van der Waals surface area contributed by atoms with Crippen LogP contribution >= 0.6 is 0 Å². The number of amides is 1. The van der Waals surface area contributed by atoms with Crippen molar-refractivity contribution in [3.63, 3.8) is 0 Å². The Morgan fingerprint density at radius 3 is 1.66 bits per heavy atom. The normalized spacial score (nSPS) is 22.2. The molecule has 1 saturated heterocycles. The van der Waals surface area contributed by atoms with E-state index in [0.29, 0.717) is 12.8 Å². The Balaban J connectivity index is 2.56. The van der Waals surface area contributed by atoms with Gasteiger partial charge in [-0.05, 0) is 44.9 Å². The van der Waals surface area contributed by atoms with Crippen LogP contribution in [0, 0.1) is 0 Å². The Morgan fingerprint density at radius 1 is 0.714 bits per heavy atom. The number of aliphatic hydroxyl groups is 5. The molecule has 7 N–H and O–H groups in total. The lowest BCUT2D eigenvalue weighted by Crippen LogP contribution is -2.61. The molecule has 0 radical (unpaired) electrons. The van der Waals surface area contributed by atoms with E-state index < -0.39 is 78.5 Å². The van der Waals surface area contributed by atoms with Gasteiger partial charge in [0.15, 0.2) is 6.29 Å². The molecular formula is C42H79NO12S. The number of carbonyl (C=O) groups excluding carboxylic acids is 1. The van der Waals surface area contributed by atoms with E-state index in [9.17, 15) is 38.7 Å². The number of allylic oxidation sites excluding steroid dienone is 3. The van der Waals surface area contributed by atoms with Gasteiger partial charge in [0.25, 0.3) is 0 Å². The topological polar surface area (TPSA) is 212 Å². The maximum atomic E-state index is 13.0. The molecule has 1 aliphatic rings. The molecule has 1 rings (SSSR count). The molecular weight excluding hydrogens is 743 g/mol. The predicted molar refractivity (Wildman–Crippen MR) is 219 cm³/mol. The largest absolute Gasteiger partial charge is 0.397 e. The highest BCUT2D eigenvalue weighted by Gasteiger charge is 2.48. The van der Waals surface area contributed by atoms with Crippen molar-refractivity contribution in [2.24, 2.45) is 0 Å². The van der Waals surface area contributed by atoms with Crippen LogP contribution in [0.3, 0.4) is 0 Å². The minimum Gasteiger partial charge on any atom is -0.394 e. The molecule has 0 aromatic carbocycles. The van der Waals surface area contributed by atoms with E-state index in [0.717, 1.165) is 64.2 Å². The molecule has 14 heteroatoms. The van der Waals surface area contributed by atoms with E-state index in [1.807, 2.05) is 0 Å². The first-order valence-electron chi connectivity index (χ1n) is 21.8. The van der Waals surface area contributed by atoms with E-state index >= 15 is 0 Å². The number of ether oxygens (including phenoxy) is 2. The van der Waals surface area contributed by atoms with Crippen molar-refractivity contribution in [1.82, 2.24) is 5.32 Å². The first-order valence-corrected chi connectivity index (χ1v) is 23.2.